The second-order valence-corrected chi connectivity index (χ2v) is 2.82. The summed E-state index contributed by atoms with van der Waals surface area (Å²) in [6.45, 7) is 0. The molecule has 0 aliphatic heterocycles. The maximum atomic E-state index is 10.6. The van der Waals surface area contributed by atoms with Gasteiger partial charge in [0.15, 0.2) is 0 Å². The summed E-state index contributed by atoms with van der Waals surface area (Å²) in [4.78, 5) is 20.3. The van der Waals surface area contributed by atoms with E-state index in [2.05, 4.69) is 0 Å². The van der Waals surface area contributed by atoms with Crippen LogP contribution < -0.4 is 5.73 Å². The fraction of sp³-hybridized carbons (Fsp3) is 0. The average molecular weight is 217 g/mol. The van der Waals surface area contributed by atoms with Gasteiger partial charge in [0.25, 0.3) is 5.69 Å². The summed E-state index contributed by atoms with van der Waals surface area (Å²) in [5.74, 6) is -1.39. The number of carbonyl (C=O) groups is 1. The molecule has 0 bridgehead atoms. The van der Waals surface area contributed by atoms with Crippen molar-refractivity contribution in [2.45, 2.75) is 0 Å². The number of nitro groups is 1. The van der Waals surface area contributed by atoms with Crippen LogP contribution >= 0.6 is 11.6 Å². The summed E-state index contributed by atoms with van der Waals surface area (Å²) < 4.78 is 0. The molecule has 0 saturated heterocycles. The van der Waals surface area contributed by atoms with Crippen molar-refractivity contribution in [3.63, 3.8) is 0 Å². The zero-order valence-electron chi connectivity index (χ0n) is 6.73. The van der Waals surface area contributed by atoms with Crippen LogP contribution in [0, 0.1) is 10.1 Å². The molecular weight excluding hydrogens is 212 g/mol. The molecule has 0 amide bonds. The second kappa shape index (κ2) is 3.51. The van der Waals surface area contributed by atoms with Gasteiger partial charge in [-0.05, 0) is 6.07 Å². The van der Waals surface area contributed by atoms with Crippen molar-refractivity contribution in [2.75, 3.05) is 5.73 Å². The summed E-state index contributed by atoms with van der Waals surface area (Å²) in [6, 6.07) is 2.18. The Morgan fingerprint density at radius 3 is 2.57 bits per heavy atom. The molecule has 0 aliphatic rings. The number of halogens is 1. The molecule has 0 fully saturated rings. The van der Waals surface area contributed by atoms with E-state index in [1.165, 1.54) is 0 Å². The Morgan fingerprint density at radius 2 is 2.14 bits per heavy atom. The van der Waals surface area contributed by atoms with E-state index < -0.39 is 27.8 Å². The van der Waals surface area contributed by atoms with E-state index in [1.807, 2.05) is 0 Å². The molecule has 0 aromatic heterocycles. The largest absolute Gasteiger partial charge is 0.478 e. The van der Waals surface area contributed by atoms with Gasteiger partial charge < -0.3 is 10.8 Å². The predicted octanol–water partition coefficient (Wildman–Crippen LogP) is 1.53. The highest BCUT2D eigenvalue weighted by Gasteiger charge is 2.21. The Bertz CT molecular complexity index is 418. The zero-order chi connectivity index (χ0) is 10.9. The van der Waals surface area contributed by atoms with E-state index >= 15 is 0 Å². The molecule has 6 nitrogen and oxygen atoms in total. The first-order chi connectivity index (χ1) is 6.45. The van der Waals surface area contributed by atoms with Crippen LogP contribution in [-0.4, -0.2) is 16.0 Å². The molecule has 1 aromatic rings. The number of hydrogen-bond acceptors (Lipinski definition) is 4. The summed E-state index contributed by atoms with van der Waals surface area (Å²) in [5.41, 5.74) is 3.93. The Labute approximate surface area is 83.0 Å². The predicted molar refractivity (Wildman–Crippen MR) is 49.5 cm³/mol. The molecule has 7 heteroatoms. The maximum absolute atomic E-state index is 10.6. The van der Waals surface area contributed by atoms with E-state index in [0.717, 1.165) is 12.1 Å². The lowest BCUT2D eigenvalue weighted by molar-refractivity contribution is -0.383. The van der Waals surface area contributed by atoms with Gasteiger partial charge in [-0.1, -0.05) is 11.6 Å². The minimum Gasteiger partial charge on any atom is -0.478 e. The topological polar surface area (TPSA) is 106 Å². The van der Waals surface area contributed by atoms with Gasteiger partial charge in [-0.15, -0.1) is 0 Å². The van der Waals surface area contributed by atoms with E-state index in [0.29, 0.717) is 0 Å². The third-order valence-electron chi connectivity index (χ3n) is 1.58. The van der Waals surface area contributed by atoms with Crippen LogP contribution in [0.15, 0.2) is 12.1 Å². The highest BCUT2D eigenvalue weighted by molar-refractivity contribution is 6.34. The van der Waals surface area contributed by atoms with E-state index in [4.69, 9.17) is 22.4 Å². The smallest absolute Gasteiger partial charge is 0.339 e. The van der Waals surface area contributed by atoms with Crippen LogP contribution in [0.1, 0.15) is 10.4 Å². The van der Waals surface area contributed by atoms with Gasteiger partial charge >= 0.3 is 5.97 Å². The molecule has 3 N–H and O–H groups in total. The molecule has 0 unspecified atom stereocenters. The quantitative estimate of drug-likeness (QED) is 0.443. The number of hydrogen-bond donors (Lipinski definition) is 2. The van der Waals surface area contributed by atoms with E-state index in [-0.39, 0.29) is 5.02 Å². The molecule has 74 valence electrons. The molecule has 0 saturated carbocycles. The van der Waals surface area contributed by atoms with E-state index in [9.17, 15) is 14.9 Å². The first kappa shape index (κ1) is 10.3. The summed E-state index contributed by atoms with van der Waals surface area (Å²) >= 11 is 5.52. The SMILES string of the molecule is Nc1c([N+](=O)[O-])ccc(Cl)c1C(=O)O. The van der Waals surface area contributed by atoms with Crippen LogP contribution in [0.2, 0.25) is 5.02 Å². The van der Waals surface area contributed by atoms with Crippen LogP contribution in [0.25, 0.3) is 0 Å². The van der Waals surface area contributed by atoms with Crippen molar-refractivity contribution in [3.8, 4) is 0 Å². The van der Waals surface area contributed by atoms with Crippen molar-refractivity contribution >= 4 is 28.9 Å². The summed E-state index contributed by atoms with van der Waals surface area (Å²) in [6.07, 6.45) is 0. The Kier molecular flexibility index (Phi) is 2.57. The maximum Gasteiger partial charge on any atom is 0.339 e. The molecule has 0 radical (unpaired) electrons. The monoisotopic (exact) mass is 216 g/mol. The number of anilines is 1. The molecule has 14 heavy (non-hydrogen) atoms. The molecule has 0 heterocycles. The van der Waals surface area contributed by atoms with Gasteiger partial charge in [-0.2, -0.15) is 0 Å². The van der Waals surface area contributed by atoms with Crippen LogP contribution in [0.3, 0.4) is 0 Å². The number of carboxylic acid groups (broad SMARTS) is 1. The van der Waals surface area contributed by atoms with Crippen LogP contribution in [0.4, 0.5) is 11.4 Å². The van der Waals surface area contributed by atoms with Crippen LogP contribution in [0.5, 0.6) is 0 Å². The van der Waals surface area contributed by atoms with Crippen molar-refractivity contribution in [1.82, 2.24) is 0 Å². The van der Waals surface area contributed by atoms with E-state index in [1.54, 1.807) is 0 Å². The Hall–Kier alpha value is -1.82. The number of rotatable bonds is 2. The highest BCUT2D eigenvalue weighted by atomic mass is 35.5. The number of nitro benzene ring substituents is 1. The number of benzene rings is 1. The number of carboxylic acids is 1. The van der Waals surface area contributed by atoms with Crippen molar-refractivity contribution in [2.24, 2.45) is 0 Å². The third kappa shape index (κ3) is 1.60. The van der Waals surface area contributed by atoms with Crippen molar-refractivity contribution < 1.29 is 14.8 Å². The van der Waals surface area contributed by atoms with Crippen LogP contribution in [-0.2, 0) is 0 Å². The first-order valence-electron chi connectivity index (χ1n) is 3.40. The normalized spacial score (nSPS) is 9.79. The molecule has 0 spiro atoms. The molecule has 0 aliphatic carbocycles. The number of nitrogens with zero attached hydrogens (tertiary/aromatic N) is 1. The van der Waals surface area contributed by atoms with Gasteiger partial charge in [0, 0.05) is 6.07 Å². The van der Waals surface area contributed by atoms with Crippen molar-refractivity contribution in [1.29, 1.82) is 0 Å². The fourth-order valence-electron chi connectivity index (χ4n) is 0.958. The Morgan fingerprint density at radius 1 is 1.57 bits per heavy atom. The second-order valence-electron chi connectivity index (χ2n) is 2.42. The molecule has 1 aromatic carbocycles. The van der Waals surface area contributed by atoms with Gasteiger partial charge in [0.2, 0.25) is 0 Å². The molecule has 0 atom stereocenters. The van der Waals surface area contributed by atoms with Gasteiger partial charge in [-0.3, -0.25) is 10.1 Å². The summed E-state index contributed by atoms with van der Waals surface area (Å²) in [7, 11) is 0. The lowest BCUT2D eigenvalue weighted by atomic mass is 10.1. The summed E-state index contributed by atoms with van der Waals surface area (Å²) in [5, 5.41) is 18.9. The number of aromatic carboxylic acids is 1. The zero-order valence-corrected chi connectivity index (χ0v) is 7.49. The number of nitrogens with two attached hydrogens (primary N) is 1. The first-order valence-corrected chi connectivity index (χ1v) is 3.78. The lowest BCUT2D eigenvalue weighted by Crippen LogP contribution is -2.06. The lowest BCUT2D eigenvalue weighted by Gasteiger charge is -2.03. The molecular formula is C7H5ClN2O4. The minimum atomic E-state index is -1.39. The van der Waals surface area contributed by atoms with Gasteiger partial charge in [0.05, 0.1) is 9.95 Å². The Balaban J connectivity index is 3.49. The standard InChI is InChI=1S/C7H5ClN2O4/c8-3-1-2-4(10(13)14)6(9)5(3)7(11)12/h1-2H,9H2,(H,11,12). The van der Waals surface area contributed by atoms with Crippen molar-refractivity contribution in [3.05, 3.63) is 32.8 Å². The average Bonchev–Trinajstić information content (AvgIpc) is 2.02. The molecule has 1 rings (SSSR count). The number of nitrogen functional groups attached to an aromatic ring is 1. The minimum absolute atomic E-state index is 0.124. The van der Waals surface area contributed by atoms with Gasteiger partial charge in [-0.25, -0.2) is 4.79 Å². The van der Waals surface area contributed by atoms with Gasteiger partial charge in [0.1, 0.15) is 11.3 Å². The highest BCUT2D eigenvalue weighted by Crippen LogP contribution is 2.30. The fourth-order valence-corrected chi connectivity index (χ4v) is 1.20. The third-order valence-corrected chi connectivity index (χ3v) is 1.90.